The lowest BCUT2D eigenvalue weighted by atomic mass is 10.1. The van der Waals surface area contributed by atoms with E-state index >= 15 is 0 Å². The number of hydrogen-bond donors (Lipinski definition) is 3. The number of piperazine rings is 1. The molecule has 0 radical (unpaired) electrons. The van der Waals surface area contributed by atoms with E-state index < -0.39 is 0 Å². The number of aryl methyl sites for hydroxylation is 2. The van der Waals surface area contributed by atoms with Gasteiger partial charge in [-0.25, -0.2) is 15.0 Å². The number of ether oxygens (including phenoxy) is 1. The molecular formula is C25H32N10O2. The fraction of sp³-hybridized carbons (Fsp3) is 0.400. The van der Waals surface area contributed by atoms with Crippen molar-refractivity contribution in [3.8, 4) is 17.1 Å². The molecule has 0 unspecified atom stereocenters. The number of anilines is 3. The Balaban J connectivity index is 1.40. The molecular weight excluding hydrogens is 472 g/mol. The molecule has 37 heavy (non-hydrogen) atoms. The third kappa shape index (κ3) is 4.98. The minimum absolute atomic E-state index is 0.0733. The predicted octanol–water partition coefficient (Wildman–Crippen LogP) is 2.39. The maximum atomic E-state index is 13.1. The Bertz CT molecular complexity index is 1420. The number of likely N-dealkylation sites (N-methyl/N-ethyl adjacent to an activating group) is 1. The van der Waals surface area contributed by atoms with Crippen LogP contribution >= 0.6 is 0 Å². The monoisotopic (exact) mass is 504 g/mol. The van der Waals surface area contributed by atoms with E-state index in [2.05, 4.69) is 47.5 Å². The Morgan fingerprint density at radius 2 is 1.97 bits per heavy atom. The molecule has 0 spiro atoms. The molecule has 5 heterocycles. The van der Waals surface area contributed by atoms with Crippen molar-refractivity contribution in [2.45, 2.75) is 19.9 Å². The van der Waals surface area contributed by atoms with E-state index in [0.29, 0.717) is 23.3 Å². The summed E-state index contributed by atoms with van der Waals surface area (Å²) in [6.45, 7) is 7.54. The van der Waals surface area contributed by atoms with E-state index in [1.54, 1.807) is 30.4 Å². The molecule has 0 bridgehead atoms. The molecule has 194 valence electrons. The average Bonchev–Trinajstić information content (AvgIpc) is 3.48. The lowest BCUT2D eigenvalue weighted by molar-refractivity contribution is -0.121. The van der Waals surface area contributed by atoms with Gasteiger partial charge in [0.25, 0.3) is 5.88 Å². The highest BCUT2D eigenvalue weighted by molar-refractivity contribution is 6.05. The third-order valence-electron chi connectivity index (χ3n) is 6.77. The van der Waals surface area contributed by atoms with Crippen molar-refractivity contribution >= 4 is 34.3 Å². The molecule has 1 aliphatic rings. The molecule has 4 aromatic heterocycles. The molecule has 1 amide bonds. The van der Waals surface area contributed by atoms with E-state index in [0.717, 1.165) is 53.9 Å². The minimum Gasteiger partial charge on any atom is -0.478 e. The molecule has 4 aromatic rings. The van der Waals surface area contributed by atoms with Crippen LogP contribution in [-0.4, -0.2) is 91.8 Å². The van der Waals surface area contributed by atoms with Gasteiger partial charge in [-0.1, -0.05) is 0 Å². The number of pyridine rings is 1. The van der Waals surface area contributed by atoms with Crippen LogP contribution in [-0.2, 0) is 11.8 Å². The number of nitrogens with one attached hydrogen (secondary N) is 3. The summed E-state index contributed by atoms with van der Waals surface area (Å²) in [6, 6.07) is 1.67. The summed E-state index contributed by atoms with van der Waals surface area (Å²) in [5, 5.41) is 11.4. The van der Waals surface area contributed by atoms with Crippen molar-refractivity contribution in [2.24, 2.45) is 7.05 Å². The number of H-pyrrole nitrogens is 1. The second-order valence-electron chi connectivity index (χ2n) is 9.36. The van der Waals surface area contributed by atoms with E-state index in [9.17, 15) is 4.79 Å². The molecule has 0 aliphatic carbocycles. The topological polar surface area (TPSA) is 129 Å². The second kappa shape index (κ2) is 10.1. The summed E-state index contributed by atoms with van der Waals surface area (Å²) in [6.07, 6.45) is 7.16. The van der Waals surface area contributed by atoms with Crippen LogP contribution in [0, 0.1) is 6.92 Å². The number of rotatable bonds is 7. The molecule has 1 atom stereocenters. The zero-order valence-electron chi connectivity index (χ0n) is 21.7. The van der Waals surface area contributed by atoms with Gasteiger partial charge in [0.2, 0.25) is 11.9 Å². The number of hydrogen-bond acceptors (Lipinski definition) is 9. The minimum atomic E-state index is -0.248. The van der Waals surface area contributed by atoms with Crippen LogP contribution in [0.5, 0.6) is 5.88 Å². The first-order valence-electron chi connectivity index (χ1n) is 12.2. The van der Waals surface area contributed by atoms with Gasteiger partial charge < -0.3 is 25.3 Å². The predicted molar refractivity (Wildman–Crippen MR) is 142 cm³/mol. The van der Waals surface area contributed by atoms with Crippen LogP contribution in [0.25, 0.3) is 22.2 Å². The molecule has 12 nitrogen and oxygen atoms in total. The van der Waals surface area contributed by atoms with Crippen molar-refractivity contribution in [1.29, 1.82) is 0 Å². The first kappa shape index (κ1) is 24.7. The van der Waals surface area contributed by atoms with E-state index in [1.165, 1.54) is 0 Å². The number of methoxy groups -OCH3 is 1. The summed E-state index contributed by atoms with van der Waals surface area (Å²) in [4.78, 5) is 34.5. The van der Waals surface area contributed by atoms with Crippen LogP contribution in [0.2, 0.25) is 0 Å². The summed E-state index contributed by atoms with van der Waals surface area (Å²) in [5.41, 5.74) is 3.98. The highest BCUT2D eigenvalue weighted by Gasteiger charge is 2.25. The van der Waals surface area contributed by atoms with Crippen LogP contribution in [0.4, 0.5) is 17.5 Å². The molecule has 5 rings (SSSR count). The number of carbonyl (C=O) groups is 1. The lowest BCUT2D eigenvalue weighted by Crippen LogP contribution is -2.51. The Kier molecular flexibility index (Phi) is 6.76. The van der Waals surface area contributed by atoms with Gasteiger partial charge in [-0.15, -0.1) is 5.10 Å². The van der Waals surface area contributed by atoms with Crippen molar-refractivity contribution in [3.63, 3.8) is 0 Å². The Morgan fingerprint density at radius 1 is 1.19 bits per heavy atom. The molecule has 1 saturated heterocycles. The van der Waals surface area contributed by atoms with Crippen LogP contribution < -0.4 is 15.4 Å². The van der Waals surface area contributed by atoms with Gasteiger partial charge in [0.05, 0.1) is 30.6 Å². The number of carbonyl (C=O) groups excluding carboxylic acids is 1. The van der Waals surface area contributed by atoms with E-state index in [1.807, 2.05) is 33.2 Å². The fourth-order valence-corrected chi connectivity index (χ4v) is 4.54. The van der Waals surface area contributed by atoms with Gasteiger partial charge in [-0.3, -0.25) is 14.4 Å². The maximum Gasteiger partial charge on any atom is 0.256 e. The molecule has 12 heteroatoms. The van der Waals surface area contributed by atoms with Crippen LogP contribution in [0.15, 0.2) is 30.9 Å². The zero-order valence-corrected chi connectivity index (χ0v) is 21.7. The smallest absolute Gasteiger partial charge is 0.256 e. The first-order valence-corrected chi connectivity index (χ1v) is 12.2. The molecule has 3 N–H and O–H groups in total. The zero-order chi connectivity index (χ0) is 26.1. The number of aromatic nitrogens is 6. The quantitative estimate of drug-likeness (QED) is 0.347. The van der Waals surface area contributed by atoms with E-state index in [4.69, 9.17) is 9.72 Å². The van der Waals surface area contributed by atoms with Crippen molar-refractivity contribution in [1.82, 2.24) is 39.5 Å². The molecule has 0 aromatic carbocycles. The van der Waals surface area contributed by atoms with Gasteiger partial charge >= 0.3 is 0 Å². The van der Waals surface area contributed by atoms with E-state index in [-0.39, 0.29) is 11.9 Å². The van der Waals surface area contributed by atoms with Crippen molar-refractivity contribution < 1.29 is 9.53 Å². The summed E-state index contributed by atoms with van der Waals surface area (Å²) in [5.74, 6) is 1.30. The normalized spacial score (nSPS) is 15.6. The SMILES string of the molecule is COc1nn(C)cc1Nc1ncc(C)c(-c2c[nH]c3c(NC(=O)[C@@H](C)N4CCN(C)CC4)nccc23)n1. The largest absolute Gasteiger partial charge is 0.478 e. The summed E-state index contributed by atoms with van der Waals surface area (Å²) < 4.78 is 6.98. The highest BCUT2D eigenvalue weighted by Crippen LogP contribution is 2.33. The number of nitrogens with zero attached hydrogens (tertiary/aromatic N) is 7. The number of fused-ring (bicyclic) bond motifs is 1. The number of amides is 1. The third-order valence-corrected chi connectivity index (χ3v) is 6.77. The summed E-state index contributed by atoms with van der Waals surface area (Å²) in [7, 11) is 5.48. The molecule has 1 aliphatic heterocycles. The fourth-order valence-electron chi connectivity index (χ4n) is 4.54. The second-order valence-corrected chi connectivity index (χ2v) is 9.36. The Hall–Kier alpha value is -4.03. The van der Waals surface area contributed by atoms with Crippen molar-refractivity contribution in [3.05, 3.63) is 36.4 Å². The van der Waals surface area contributed by atoms with Crippen molar-refractivity contribution in [2.75, 3.05) is 51.0 Å². The average molecular weight is 505 g/mol. The summed E-state index contributed by atoms with van der Waals surface area (Å²) >= 11 is 0. The van der Waals surface area contributed by atoms with Crippen LogP contribution in [0.1, 0.15) is 12.5 Å². The molecule has 1 fully saturated rings. The Morgan fingerprint density at radius 3 is 2.73 bits per heavy atom. The van der Waals surface area contributed by atoms with Gasteiger partial charge in [0.15, 0.2) is 5.82 Å². The standard InChI is InChI=1S/C25H32N10O2/c1-15-12-28-25(29-19-14-34(4)32-24(19)37-5)30-20(15)18-13-27-21-17(18)6-7-26-22(21)31-23(36)16(2)35-10-8-33(3)9-11-35/h6-7,12-14,16,27H,8-11H2,1-5H3,(H,26,31,36)(H,28,29,30)/t16-/m1/s1. The number of aromatic amines is 1. The maximum absolute atomic E-state index is 13.1. The Labute approximate surface area is 215 Å². The highest BCUT2D eigenvalue weighted by atomic mass is 16.5. The van der Waals surface area contributed by atoms with Gasteiger partial charge in [-0.05, 0) is 32.5 Å². The lowest BCUT2D eigenvalue weighted by Gasteiger charge is -2.35. The van der Waals surface area contributed by atoms with Gasteiger partial charge in [0, 0.05) is 62.8 Å². The van der Waals surface area contributed by atoms with Gasteiger partial charge in [0.1, 0.15) is 5.69 Å². The molecule has 0 saturated carbocycles. The van der Waals surface area contributed by atoms with Crippen LogP contribution in [0.3, 0.4) is 0 Å². The first-order chi connectivity index (χ1) is 17.8. The van der Waals surface area contributed by atoms with Gasteiger partial charge in [-0.2, -0.15) is 0 Å².